The molecule has 4 heteroatoms. The lowest BCUT2D eigenvalue weighted by Gasteiger charge is -2.42. The zero-order valence-corrected chi connectivity index (χ0v) is 12.8. The molecular formula is C15H30N2O2. The molecule has 0 bridgehead atoms. The highest BCUT2D eigenvalue weighted by atomic mass is 16.5. The normalized spacial score (nSPS) is 27.3. The van der Waals surface area contributed by atoms with E-state index >= 15 is 0 Å². The van der Waals surface area contributed by atoms with Crippen molar-refractivity contribution < 1.29 is 9.47 Å². The van der Waals surface area contributed by atoms with Crippen molar-refractivity contribution in [3.05, 3.63) is 0 Å². The van der Waals surface area contributed by atoms with E-state index < -0.39 is 0 Å². The molecule has 0 aliphatic carbocycles. The smallest absolute Gasteiger partial charge is 0.0622 e. The fourth-order valence-corrected chi connectivity index (χ4v) is 3.14. The van der Waals surface area contributed by atoms with Crippen molar-refractivity contribution in [2.75, 3.05) is 46.6 Å². The van der Waals surface area contributed by atoms with Gasteiger partial charge in [0, 0.05) is 45.0 Å². The van der Waals surface area contributed by atoms with E-state index in [1.165, 1.54) is 19.3 Å². The minimum atomic E-state index is 0.375. The summed E-state index contributed by atoms with van der Waals surface area (Å²) in [6, 6.07) is 1.17. The molecule has 1 N–H and O–H groups in total. The minimum Gasteiger partial charge on any atom is -0.381 e. The third-order valence-corrected chi connectivity index (χ3v) is 4.55. The first-order valence-electron chi connectivity index (χ1n) is 7.70. The summed E-state index contributed by atoms with van der Waals surface area (Å²) in [6.45, 7) is 10.4. The molecule has 0 spiro atoms. The van der Waals surface area contributed by atoms with E-state index in [1.54, 1.807) is 0 Å². The fraction of sp³-hybridized carbons (Fsp3) is 1.00. The van der Waals surface area contributed by atoms with Crippen molar-refractivity contribution >= 4 is 0 Å². The van der Waals surface area contributed by atoms with Crippen molar-refractivity contribution in [2.45, 2.75) is 45.2 Å². The van der Waals surface area contributed by atoms with Crippen LogP contribution in [0.2, 0.25) is 0 Å². The number of likely N-dealkylation sites (N-methyl/N-ethyl adjacent to an activating group) is 1. The van der Waals surface area contributed by atoms with E-state index in [0.29, 0.717) is 17.5 Å². The summed E-state index contributed by atoms with van der Waals surface area (Å²) in [5.74, 6) is 0. The van der Waals surface area contributed by atoms with Crippen molar-refractivity contribution in [3.63, 3.8) is 0 Å². The van der Waals surface area contributed by atoms with Crippen molar-refractivity contribution in [3.8, 4) is 0 Å². The van der Waals surface area contributed by atoms with Gasteiger partial charge in [-0.1, -0.05) is 13.8 Å². The second-order valence-corrected chi connectivity index (χ2v) is 6.58. The summed E-state index contributed by atoms with van der Waals surface area (Å²) in [7, 11) is 2.26. The lowest BCUT2D eigenvalue weighted by Crippen LogP contribution is -2.50. The molecular weight excluding hydrogens is 240 g/mol. The van der Waals surface area contributed by atoms with Gasteiger partial charge in [-0.2, -0.15) is 0 Å². The second-order valence-electron chi connectivity index (χ2n) is 6.58. The average Bonchev–Trinajstić information content (AvgIpc) is 2.92. The molecule has 2 aliphatic heterocycles. The summed E-state index contributed by atoms with van der Waals surface area (Å²) >= 11 is 0. The molecule has 0 aromatic carbocycles. The summed E-state index contributed by atoms with van der Waals surface area (Å²) in [5, 5.41) is 3.64. The monoisotopic (exact) mass is 270 g/mol. The highest BCUT2D eigenvalue weighted by Crippen LogP contribution is 2.32. The van der Waals surface area contributed by atoms with Gasteiger partial charge in [-0.3, -0.25) is 0 Å². The maximum atomic E-state index is 5.57. The maximum absolute atomic E-state index is 5.57. The van der Waals surface area contributed by atoms with E-state index in [1.807, 2.05) is 0 Å². The lowest BCUT2D eigenvalue weighted by atomic mass is 9.79. The first-order chi connectivity index (χ1) is 9.11. The summed E-state index contributed by atoms with van der Waals surface area (Å²) in [6.07, 6.45) is 3.52. The van der Waals surface area contributed by atoms with Gasteiger partial charge in [0.15, 0.2) is 0 Å². The van der Waals surface area contributed by atoms with Crippen LogP contribution >= 0.6 is 0 Å². The third-order valence-electron chi connectivity index (χ3n) is 4.55. The van der Waals surface area contributed by atoms with Gasteiger partial charge in [0.25, 0.3) is 0 Å². The Morgan fingerprint density at radius 1 is 1.21 bits per heavy atom. The molecule has 19 heavy (non-hydrogen) atoms. The molecule has 2 rings (SSSR count). The van der Waals surface area contributed by atoms with Gasteiger partial charge >= 0.3 is 0 Å². The first kappa shape index (κ1) is 15.2. The molecule has 4 nitrogen and oxygen atoms in total. The minimum absolute atomic E-state index is 0.375. The molecule has 0 aromatic rings. The van der Waals surface area contributed by atoms with Gasteiger partial charge in [-0.15, -0.1) is 0 Å². The molecule has 1 atom stereocenters. The average molecular weight is 270 g/mol. The van der Waals surface area contributed by atoms with E-state index in [0.717, 1.165) is 39.5 Å². The Labute approximate surface area is 117 Å². The van der Waals surface area contributed by atoms with Crippen LogP contribution in [0.3, 0.4) is 0 Å². The van der Waals surface area contributed by atoms with E-state index in [2.05, 4.69) is 31.1 Å². The van der Waals surface area contributed by atoms with Gasteiger partial charge in [-0.05, 0) is 31.7 Å². The molecule has 0 radical (unpaired) electrons. The van der Waals surface area contributed by atoms with E-state index in [-0.39, 0.29) is 0 Å². The number of nitrogens with zero attached hydrogens (tertiary/aromatic N) is 1. The second kappa shape index (κ2) is 7.02. The third kappa shape index (κ3) is 4.42. The predicted octanol–water partition coefficient (Wildman–Crippen LogP) is 1.50. The summed E-state index contributed by atoms with van der Waals surface area (Å²) < 4.78 is 11.1. The Bertz CT molecular complexity index is 259. The molecule has 112 valence electrons. The van der Waals surface area contributed by atoms with Crippen LogP contribution in [-0.4, -0.2) is 63.5 Å². The maximum Gasteiger partial charge on any atom is 0.0622 e. The Kier molecular flexibility index (Phi) is 5.63. The van der Waals surface area contributed by atoms with Crippen LogP contribution in [0.15, 0.2) is 0 Å². The highest BCUT2D eigenvalue weighted by Gasteiger charge is 2.35. The number of rotatable bonds is 6. The van der Waals surface area contributed by atoms with Crippen LogP contribution in [0.5, 0.6) is 0 Å². The van der Waals surface area contributed by atoms with Gasteiger partial charge in [0.2, 0.25) is 0 Å². The summed E-state index contributed by atoms with van der Waals surface area (Å²) in [5.41, 5.74) is 0.375. The Morgan fingerprint density at radius 3 is 2.53 bits per heavy atom. The van der Waals surface area contributed by atoms with Crippen molar-refractivity contribution in [2.24, 2.45) is 5.41 Å². The molecule has 0 aromatic heterocycles. The number of ether oxygens (including phenoxy) is 2. The Morgan fingerprint density at radius 2 is 1.95 bits per heavy atom. The highest BCUT2D eigenvalue weighted by molar-refractivity contribution is 4.89. The summed E-state index contributed by atoms with van der Waals surface area (Å²) in [4.78, 5) is 2.51. The molecule has 1 unspecified atom stereocenters. The van der Waals surface area contributed by atoms with E-state index in [9.17, 15) is 0 Å². The van der Waals surface area contributed by atoms with E-state index in [4.69, 9.17) is 9.47 Å². The van der Waals surface area contributed by atoms with Crippen LogP contribution in [-0.2, 0) is 9.47 Å². The van der Waals surface area contributed by atoms with Crippen LogP contribution in [0.1, 0.15) is 33.1 Å². The molecule has 2 aliphatic rings. The van der Waals surface area contributed by atoms with Crippen molar-refractivity contribution in [1.29, 1.82) is 0 Å². The Balaban J connectivity index is 1.91. The lowest BCUT2D eigenvalue weighted by molar-refractivity contribution is -0.00810. The number of hydrogen-bond acceptors (Lipinski definition) is 4. The van der Waals surface area contributed by atoms with Gasteiger partial charge < -0.3 is 19.7 Å². The molecule has 2 fully saturated rings. The zero-order chi connectivity index (χ0) is 13.7. The largest absolute Gasteiger partial charge is 0.381 e. The predicted molar refractivity (Wildman–Crippen MR) is 77.5 cm³/mol. The van der Waals surface area contributed by atoms with Crippen LogP contribution in [0, 0.1) is 5.41 Å². The zero-order valence-electron chi connectivity index (χ0n) is 12.8. The number of hydrogen-bond donors (Lipinski definition) is 1. The Hall–Kier alpha value is -0.160. The van der Waals surface area contributed by atoms with Crippen LogP contribution in [0.25, 0.3) is 0 Å². The standard InChI is InChI=1S/C15H30N2O2/c1-13(2)16-11-15(5-8-18-9-6-15)12-17(3)14-4-7-19-10-14/h13-14,16H,4-12H2,1-3H3. The van der Waals surface area contributed by atoms with Gasteiger partial charge in [-0.25, -0.2) is 0 Å². The molecule has 0 amide bonds. The molecule has 2 heterocycles. The SMILES string of the molecule is CC(C)NCC1(CN(C)C2CCOC2)CCOCC1. The topological polar surface area (TPSA) is 33.7 Å². The quantitative estimate of drug-likeness (QED) is 0.793. The first-order valence-corrected chi connectivity index (χ1v) is 7.70. The van der Waals surface area contributed by atoms with Gasteiger partial charge in [0.05, 0.1) is 6.61 Å². The van der Waals surface area contributed by atoms with Crippen molar-refractivity contribution in [1.82, 2.24) is 10.2 Å². The number of nitrogens with one attached hydrogen (secondary N) is 1. The van der Waals surface area contributed by atoms with Gasteiger partial charge in [0.1, 0.15) is 0 Å². The fourth-order valence-electron chi connectivity index (χ4n) is 3.14. The molecule has 2 saturated heterocycles. The van der Waals surface area contributed by atoms with Crippen LogP contribution in [0.4, 0.5) is 0 Å². The molecule has 0 saturated carbocycles. The van der Waals surface area contributed by atoms with Crippen LogP contribution < -0.4 is 5.32 Å².